The molecule has 1 aliphatic heterocycles. The molecule has 0 aliphatic carbocycles. The molecular formula is C23H27N5O3. The molecule has 1 aromatic carbocycles. The number of aromatic nitrogens is 3. The first-order chi connectivity index (χ1) is 14.9. The number of carbonyl (C=O) groups excluding carboxylic acids is 2. The van der Waals surface area contributed by atoms with Crippen LogP contribution in [0.15, 0.2) is 53.3 Å². The predicted molar refractivity (Wildman–Crippen MR) is 115 cm³/mol. The van der Waals surface area contributed by atoms with Crippen LogP contribution in [0, 0.1) is 5.41 Å². The molecule has 3 heterocycles. The van der Waals surface area contributed by atoms with Crippen LogP contribution in [0.1, 0.15) is 48.0 Å². The molecule has 2 aromatic heterocycles. The van der Waals surface area contributed by atoms with Crippen molar-refractivity contribution in [2.24, 2.45) is 5.41 Å². The van der Waals surface area contributed by atoms with Crippen molar-refractivity contribution in [2.75, 3.05) is 20.1 Å². The molecule has 0 bridgehead atoms. The number of hydrogen-bond donors (Lipinski definition) is 1. The van der Waals surface area contributed by atoms with Crippen LogP contribution >= 0.6 is 0 Å². The van der Waals surface area contributed by atoms with Gasteiger partial charge >= 0.3 is 0 Å². The van der Waals surface area contributed by atoms with Crippen LogP contribution in [0.3, 0.4) is 0 Å². The zero-order valence-corrected chi connectivity index (χ0v) is 18.0. The molecule has 162 valence electrons. The van der Waals surface area contributed by atoms with Crippen LogP contribution in [0.25, 0.3) is 5.69 Å². The molecule has 1 N–H and O–H groups in total. The Balaban J connectivity index is 1.55. The molecule has 2 amide bonds. The number of hydrogen-bond acceptors (Lipinski definition) is 5. The van der Waals surface area contributed by atoms with Crippen LogP contribution in [-0.2, 0) is 11.2 Å². The highest BCUT2D eigenvalue weighted by Gasteiger charge is 2.46. The largest absolute Gasteiger partial charge is 0.361 e. The molecule has 0 radical (unpaired) electrons. The van der Waals surface area contributed by atoms with Crippen molar-refractivity contribution in [1.29, 1.82) is 0 Å². The topological polar surface area (TPSA) is 93.3 Å². The Morgan fingerprint density at radius 1 is 1.26 bits per heavy atom. The molecule has 1 aliphatic rings. The van der Waals surface area contributed by atoms with Crippen LogP contribution < -0.4 is 5.32 Å². The second-order valence-electron chi connectivity index (χ2n) is 8.39. The van der Waals surface area contributed by atoms with Gasteiger partial charge in [-0.3, -0.25) is 9.59 Å². The standard InChI is InChI=1S/C23H27N5O3/c1-16(2)20-13-19(31-26-20)14-23(22(30)24-3)8-11-27(15-23)21(29)17-6-4-7-18(12-17)28-10-5-9-25-28/h4-7,9-10,12-13,16H,8,11,14-15H2,1-3H3,(H,24,30)/t23-/m0/s1. The van der Waals surface area contributed by atoms with E-state index < -0.39 is 5.41 Å². The number of carbonyl (C=O) groups is 2. The normalized spacial score (nSPS) is 18.5. The Morgan fingerprint density at radius 3 is 2.77 bits per heavy atom. The van der Waals surface area contributed by atoms with Gasteiger partial charge in [0.15, 0.2) is 0 Å². The number of nitrogens with one attached hydrogen (secondary N) is 1. The maximum absolute atomic E-state index is 13.2. The minimum atomic E-state index is -0.738. The lowest BCUT2D eigenvalue weighted by Gasteiger charge is -2.26. The van der Waals surface area contributed by atoms with E-state index in [0.717, 1.165) is 11.4 Å². The molecule has 0 saturated carbocycles. The van der Waals surface area contributed by atoms with Gasteiger partial charge in [-0.2, -0.15) is 5.10 Å². The van der Waals surface area contributed by atoms with Gasteiger partial charge in [0.2, 0.25) is 5.91 Å². The fraction of sp³-hybridized carbons (Fsp3) is 0.391. The number of rotatable bonds is 6. The predicted octanol–water partition coefficient (Wildman–Crippen LogP) is 2.80. The van der Waals surface area contributed by atoms with E-state index in [1.54, 1.807) is 28.9 Å². The van der Waals surface area contributed by atoms with Crippen LogP contribution in [0.4, 0.5) is 0 Å². The Kier molecular flexibility index (Phi) is 5.63. The first kappa shape index (κ1) is 20.8. The first-order valence-corrected chi connectivity index (χ1v) is 10.5. The van der Waals surface area contributed by atoms with Crippen molar-refractivity contribution >= 4 is 11.8 Å². The van der Waals surface area contributed by atoms with Crippen LogP contribution in [0.5, 0.6) is 0 Å². The van der Waals surface area contributed by atoms with Gasteiger partial charge in [0.25, 0.3) is 5.91 Å². The van der Waals surface area contributed by atoms with Crippen molar-refractivity contribution < 1.29 is 14.1 Å². The molecule has 0 spiro atoms. The highest BCUT2D eigenvalue weighted by Crippen LogP contribution is 2.36. The van der Waals surface area contributed by atoms with Gasteiger partial charge in [0.05, 0.1) is 16.8 Å². The SMILES string of the molecule is CNC(=O)[C@]1(Cc2cc(C(C)C)no2)CCN(C(=O)c2cccc(-n3cccn3)c2)C1. The van der Waals surface area contributed by atoms with Gasteiger partial charge in [-0.15, -0.1) is 0 Å². The second-order valence-corrected chi connectivity index (χ2v) is 8.39. The van der Waals surface area contributed by atoms with E-state index in [0.29, 0.717) is 37.3 Å². The quantitative estimate of drug-likeness (QED) is 0.661. The Hall–Kier alpha value is -3.42. The Morgan fingerprint density at radius 2 is 2.10 bits per heavy atom. The van der Waals surface area contributed by atoms with Gasteiger partial charge in [0.1, 0.15) is 5.76 Å². The first-order valence-electron chi connectivity index (χ1n) is 10.5. The summed E-state index contributed by atoms with van der Waals surface area (Å²) in [6.45, 7) is 4.92. The molecule has 1 atom stereocenters. The van der Waals surface area contributed by atoms with E-state index in [2.05, 4.69) is 15.6 Å². The third-order valence-electron chi connectivity index (χ3n) is 5.89. The Labute approximate surface area is 181 Å². The average Bonchev–Trinajstić information content (AvgIpc) is 3.54. The molecule has 1 saturated heterocycles. The number of benzene rings is 1. The fourth-order valence-corrected chi connectivity index (χ4v) is 4.12. The van der Waals surface area contributed by atoms with E-state index >= 15 is 0 Å². The molecule has 31 heavy (non-hydrogen) atoms. The second kappa shape index (κ2) is 8.37. The molecule has 0 unspecified atom stereocenters. The van der Waals surface area contributed by atoms with Crippen molar-refractivity contribution in [1.82, 2.24) is 25.2 Å². The average molecular weight is 422 g/mol. The third kappa shape index (κ3) is 4.10. The van der Waals surface area contributed by atoms with E-state index in [-0.39, 0.29) is 17.7 Å². The minimum absolute atomic E-state index is 0.0874. The van der Waals surface area contributed by atoms with Crippen LogP contribution in [-0.4, -0.2) is 51.8 Å². The summed E-state index contributed by atoms with van der Waals surface area (Å²) in [6, 6.07) is 11.1. The third-order valence-corrected chi connectivity index (χ3v) is 5.89. The molecule has 8 heteroatoms. The summed E-state index contributed by atoms with van der Waals surface area (Å²) in [5.41, 5.74) is 1.51. The van der Waals surface area contributed by atoms with Gasteiger partial charge in [-0.1, -0.05) is 25.1 Å². The number of amides is 2. The van der Waals surface area contributed by atoms with Crippen molar-refractivity contribution in [2.45, 2.75) is 32.6 Å². The van der Waals surface area contributed by atoms with Gasteiger partial charge < -0.3 is 14.7 Å². The lowest BCUT2D eigenvalue weighted by Crippen LogP contribution is -2.44. The van der Waals surface area contributed by atoms with E-state index in [4.69, 9.17) is 4.52 Å². The zero-order chi connectivity index (χ0) is 22.0. The fourth-order valence-electron chi connectivity index (χ4n) is 4.12. The van der Waals surface area contributed by atoms with Crippen LogP contribution in [0.2, 0.25) is 0 Å². The van der Waals surface area contributed by atoms with Gasteiger partial charge in [-0.25, -0.2) is 4.68 Å². The lowest BCUT2D eigenvalue weighted by atomic mass is 9.81. The van der Waals surface area contributed by atoms with Crippen molar-refractivity contribution in [3.05, 3.63) is 65.8 Å². The zero-order valence-electron chi connectivity index (χ0n) is 18.0. The summed E-state index contributed by atoms with van der Waals surface area (Å²) >= 11 is 0. The summed E-state index contributed by atoms with van der Waals surface area (Å²) in [5, 5.41) is 11.1. The summed E-state index contributed by atoms with van der Waals surface area (Å²) in [6.07, 6.45) is 4.50. The number of nitrogens with zero attached hydrogens (tertiary/aromatic N) is 4. The minimum Gasteiger partial charge on any atom is -0.361 e. The Bertz CT molecular complexity index is 1070. The number of likely N-dealkylation sites (tertiary alicyclic amines) is 1. The molecular weight excluding hydrogens is 394 g/mol. The smallest absolute Gasteiger partial charge is 0.253 e. The van der Waals surface area contributed by atoms with Crippen molar-refractivity contribution in [3.8, 4) is 5.69 Å². The lowest BCUT2D eigenvalue weighted by molar-refractivity contribution is -0.130. The monoisotopic (exact) mass is 421 g/mol. The van der Waals surface area contributed by atoms with Gasteiger partial charge in [0, 0.05) is 50.6 Å². The van der Waals surface area contributed by atoms with Crippen molar-refractivity contribution in [3.63, 3.8) is 0 Å². The molecule has 4 rings (SSSR count). The molecule has 1 fully saturated rings. The maximum atomic E-state index is 13.2. The molecule has 3 aromatic rings. The summed E-state index contributed by atoms with van der Waals surface area (Å²) in [5.74, 6) is 0.732. The summed E-state index contributed by atoms with van der Waals surface area (Å²) in [4.78, 5) is 27.9. The summed E-state index contributed by atoms with van der Waals surface area (Å²) < 4.78 is 7.22. The highest BCUT2D eigenvalue weighted by molar-refractivity contribution is 5.96. The summed E-state index contributed by atoms with van der Waals surface area (Å²) in [7, 11) is 1.63. The van der Waals surface area contributed by atoms with E-state index in [1.807, 2.05) is 50.4 Å². The maximum Gasteiger partial charge on any atom is 0.253 e. The van der Waals surface area contributed by atoms with E-state index in [1.165, 1.54) is 0 Å². The molecule has 8 nitrogen and oxygen atoms in total. The van der Waals surface area contributed by atoms with Gasteiger partial charge in [-0.05, 0) is 36.6 Å². The highest BCUT2D eigenvalue weighted by atomic mass is 16.5. The van der Waals surface area contributed by atoms with E-state index in [9.17, 15) is 9.59 Å².